The Bertz CT molecular complexity index is 670. The van der Waals surface area contributed by atoms with Crippen molar-refractivity contribution in [3.63, 3.8) is 0 Å². The van der Waals surface area contributed by atoms with E-state index in [1.54, 1.807) is 12.1 Å². The van der Waals surface area contributed by atoms with Crippen molar-refractivity contribution >= 4 is 5.95 Å². The summed E-state index contributed by atoms with van der Waals surface area (Å²) in [5.74, 6) is 0.291. The molecule has 2 N–H and O–H groups in total. The van der Waals surface area contributed by atoms with Crippen LogP contribution in [-0.4, -0.2) is 29.6 Å². The average molecular weight is 340 g/mol. The molecule has 0 aliphatic carbocycles. The predicted molar refractivity (Wildman–Crippen MR) is 81.0 cm³/mol. The molecular formula is C16H16F4N4. The maximum absolute atomic E-state index is 13.0. The molecule has 1 aromatic heterocycles. The fraction of sp³-hybridized carbons (Fsp3) is 0.375. The van der Waals surface area contributed by atoms with Crippen molar-refractivity contribution in [2.45, 2.75) is 12.1 Å². The van der Waals surface area contributed by atoms with Gasteiger partial charge in [-0.15, -0.1) is 0 Å². The van der Waals surface area contributed by atoms with Crippen LogP contribution in [0, 0.1) is 11.7 Å². The Balaban J connectivity index is 1.62. The van der Waals surface area contributed by atoms with Crippen LogP contribution in [0.1, 0.15) is 17.0 Å². The van der Waals surface area contributed by atoms with E-state index in [2.05, 4.69) is 20.6 Å². The van der Waals surface area contributed by atoms with Gasteiger partial charge in [-0.3, -0.25) is 0 Å². The summed E-state index contributed by atoms with van der Waals surface area (Å²) in [4.78, 5) is 7.41. The molecule has 1 fully saturated rings. The minimum atomic E-state index is -4.44. The summed E-state index contributed by atoms with van der Waals surface area (Å²) in [7, 11) is 0. The van der Waals surface area contributed by atoms with Crippen LogP contribution < -0.4 is 10.6 Å². The molecule has 3 rings (SSSR count). The van der Waals surface area contributed by atoms with Gasteiger partial charge >= 0.3 is 6.18 Å². The number of benzene rings is 1. The molecule has 1 aliphatic heterocycles. The topological polar surface area (TPSA) is 49.8 Å². The number of rotatable bonds is 4. The first-order valence-electron chi connectivity index (χ1n) is 7.53. The summed E-state index contributed by atoms with van der Waals surface area (Å²) < 4.78 is 50.5. The summed E-state index contributed by atoms with van der Waals surface area (Å²) in [5, 5.41) is 6.25. The molecule has 2 aromatic rings. The van der Waals surface area contributed by atoms with Crippen molar-refractivity contribution in [2.75, 3.05) is 25.0 Å². The van der Waals surface area contributed by atoms with Crippen molar-refractivity contribution in [3.05, 3.63) is 53.6 Å². The average Bonchev–Trinajstić information content (AvgIpc) is 3.02. The molecule has 2 heterocycles. The van der Waals surface area contributed by atoms with Crippen LogP contribution in [0.15, 0.2) is 36.7 Å². The van der Waals surface area contributed by atoms with Gasteiger partial charge in [-0.05, 0) is 23.6 Å². The summed E-state index contributed by atoms with van der Waals surface area (Å²) in [6.07, 6.45) is -2.92. The minimum Gasteiger partial charge on any atom is -0.354 e. The van der Waals surface area contributed by atoms with Gasteiger partial charge in [0.2, 0.25) is 5.95 Å². The Labute approximate surface area is 136 Å². The van der Waals surface area contributed by atoms with Gasteiger partial charge in [-0.1, -0.05) is 12.1 Å². The van der Waals surface area contributed by atoms with E-state index in [0.29, 0.717) is 6.54 Å². The molecule has 1 aliphatic rings. The van der Waals surface area contributed by atoms with E-state index in [4.69, 9.17) is 0 Å². The maximum atomic E-state index is 13.0. The number of hydrogen-bond acceptors (Lipinski definition) is 4. The lowest BCUT2D eigenvalue weighted by Gasteiger charge is -2.19. The first-order chi connectivity index (χ1) is 11.4. The molecular weight excluding hydrogens is 324 g/mol. The highest BCUT2D eigenvalue weighted by molar-refractivity contribution is 5.28. The first kappa shape index (κ1) is 16.6. The molecule has 24 heavy (non-hydrogen) atoms. The molecule has 0 spiro atoms. The standard InChI is InChI=1S/C16H16F4N4/c17-13-3-1-10(2-4-13)14-9-21-5-11(14)6-22-15-23-7-12(8-24-15)16(18,19)20/h1-4,7-8,11,14,21H,5-6,9H2,(H,22,23,24). The number of aromatic nitrogens is 2. The monoisotopic (exact) mass is 340 g/mol. The zero-order chi connectivity index (χ0) is 17.2. The SMILES string of the molecule is Fc1ccc(C2CNCC2CNc2ncc(C(F)(F)F)cn2)cc1. The quantitative estimate of drug-likeness (QED) is 0.840. The smallest absolute Gasteiger partial charge is 0.354 e. The highest BCUT2D eigenvalue weighted by Gasteiger charge is 2.31. The number of hydrogen-bond donors (Lipinski definition) is 2. The second kappa shape index (κ2) is 6.72. The minimum absolute atomic E-state index is 0.160. The maximum Gasteiger partial charge on any atom is 0.419 e. The van der Waals surface area contributed by atoms with Crippen molar-refractivity contribution in [1.29, 1.82) is 0 Å². The summed E-state index contributed by atoms with van der Waals surface area (Å²) in [5.41, 5.74) is 0.154. The van der Waals surface area contributed by atoms with Crippen LogP contribution in [0.2, 0.25) is 0 Å². The third-order valence-electron chi connectivity index (χ3n) is 4.14. The molecule has 2 unspecified atom stereocenters. The van der Waals surface area contributed by atoms with Crippen molar-refractivity contribution < 1.29 is 17.6 Å². The van der Waals surface area contributed by atoms with E-state index in [0.717, 1.165) is 31.0 Å². The molecule has 1 saturated heterocycles. The number of halogens is 4. The fourth-order valence-corrected chi connectivity index (χ4v) is 2.84. The van der Waals surface area contributed by atoms with E-state index in [9.17, 15) is 17.6 Å². The highest BCUT2D eigenvalue weighted by atomic mass is 19.4. The number of nitrogens with zero attached hydrogens (tertiary/aromatic N) is 2. The van der Waals surface area contributed by atoms with Crippen LogP contribution in [0.3, 0.4) is 0 Å². The normalized spacial score (nSPS) is 21.0. The van der Waals surface area contributed by atoms with Crippen LogP contribution >= 0.6 is 0 Å². The number of alkyl halides is 3. The lowest BCUT2D eigenvalue weighted by molar-refractivity contribution is -0.138. The van der Waals surface area contributed by atoms with Crippen molar-refractivity contribution in [2.24, 2.45) is 5.92 Å². The Kier molecular flexibility index (Phi) is 4.66. The molecule has 0 bridgehead atoms. The van der Waals surface area contributed by atoms with Crippen LogP contribution in [0.25, 0.3) is 0 Å². The second-order valence-corrected chi connectivity index (χ2v) is 5.75. The van der Waals surface area contributed by atoms with Gasteiger partial charge in [0.1, 0.15) is 5.82 Å². The van der Waals surface area contributed by atoms with Gasteiger partial charge in [0.05, 0.1) is 5.56 Å². The first-order valence-corrected chi connectivity index (χ1v) is 7.53. The molecule has 0 radical (unpaired) electrons. The molecule has 1 aromatic carbocycles. The van der Waals surface area contributed by atoms with Gasteiger partial charge < -0.3 is 10.6 Å². The van der Waals surface area contributed by atoms with Gasteiger partial charge in [-0.2, -0.15) is 13.2 Å². The molecule has 0 amide bonds. The van der Waals surface area contributed by atoms with E-state index >= 15 is 0 Å². The Morgan fingerprint density at radius 1 is 1.08 bits per heavy atom. The third-order valence-corrected chi connectivity index (χ3v) is 4.14. The zero-order valence-corrected chi connectivity index (χ0v) is 12.6. The van der Waals surface area contributed by atoms with Gasteiger partial charge in [-0.25, -0.2) is 14.4 Å². The number of nitrogens with one attached hydrogen (secondary N) is 2. The fourth-order valence-electron chi connectivity index (χ4n) is 2.84. The summed E-state index contributed by atoms with van der Waals surface area (Å²) in [6, 6.07) is 6.37. The van der Waals surface area contributed by atoms with E-state index in [1.807, 2.05) is 0 Å². The van der Waals surface area contributed by atoms with Crippen LogP contribution in [0.4, 0.5) is 23.5 Å². The zero-order valence-electron chi connectivity index (χ0n) is 12.6. The molecule has 2 atom stereocenters. The van der Waals surface area contributed by atoms with E-state index in [-0.39, 0.29) is 23.6 Å². The molecule has 128 valence electrons. The molecule has 8 heteroatoms. The molecule has 4 nitrogen and oxygen atoms in total. The Morgan fingerprint density at radius 2 is 1.75 bits per heavy atom. The van der Waals surface area contributed by atoms with Gasteiger partial charge in [0.25, 0.3) is 0 Å². The third kappa shape index (κ3) is 3.81. The van der Waals surface area contributed by atoms with Crippen molar-refractivity contribution in [3.8, 4) is 0 Å². The van der Waals surface area contributed by atoms with Crippen LogP contribution in [-0.2, 0) is 6.18 Å². The van der Waals surface area contributed by atoms with Gasteiger partial charge in [0.15, 0.2) is 0 Å². The summed E-state index contributed by atoms with van der Waals surface area (Å²) >= 11 is 0. The Morgan fingerprint density at radius 3 is 2.38 bits per heavy atom. The second-order valence-electron chi connectivity index (χ2n) is 5.75. The lowest BCUT2D eigenvalue weighted by atomic mass is 9.89. The summed E-state index contributed by atoms with van der Waals surface area (Å²) in [6.45, 7) is 2.04. The van der Waals surface area contributed by atoms with Crippen molar-refractivity contribution in [1.82, 2.24) is 15.3 Å². The predicted octanol–water partition coefficient (Wildman–Crippen LogP) is 3.05. The lowest BCUT2D eigenvalue weighted by Crippen LogP contribution is -2.22. The van der Waals surface area contributed by atoms with E-state index in [1.165, 1.54) is 12.1 Å². The molecule has 0 saturated carbocycles. The van der Waals surface area contributed by atoms with Crippen LogP contribution in [0.5, 0.6) is 0 Å². The van der Waals surface area contributed by atoms with Gasteiger partial charge in [0, 0.05) is 37.9 Å². The largest absolute Gasteiger partial charge is 0.419 e. The number of anilines is 1. The Hall–Kier alpha value is -2.22. The highest BCUT2D eigenvalue weighted by Crippen LogP contribution is 2.29. The van der Waals surface area contributed by atoms with E-state index < -0.39 is 11.7 Å².